The van der Waals surface area contributed by atoms with Gasteiger partial charge in [-0.15, -0.1) is 11.8 Å². The van der Waals surface area contributed by atoms with Crippen molar-refractivity contribution in [2.24, 2.45) is 5.92 Å². The molecule has 2 heterocycles. The highest BCUT2D eigenvalue weighted by Crippen LogP contribution is 2.36. The van der Waals surface area contributed by atoms with E-state index in [1.54, 1.807) is 10.4 Å². The van der Waals surface area contributed by atoms with Gasteiger partial charge in [-0.1, -0.05) is 24.3 Å². The number of aryl methyl sites for hydroxylation is 2. The third-order valence-corrected chi connectivity index (χ3v) is 10.1. The summed E-state index contributed by atoms with van der Waals surface area (Å²) in [7, 11) is -3.51. The van der Waals surface area contributed by atoms with E-state index < -0.39 is 10.0 Å². The summed E-state index contributed by atoms with van der Waals surface area (Å²) in [6.45, 7) is 0.795. The summed E-state index contributed by atoms with van der Waals surface area (Å²) < 4.78 is 28.0. The molecule has 0 radical (unpaired) electrons. The lowest BCUT2D eigenvalue weighted by atomic mass is 9.92. The molecule has 0 unspecified atom stereocenters. The van der Waals surface area contributed by atoms with E-state index in [4.69, 9.17) is 0 Å². The van der Waals surface area contributed by atoms with Gasteiger partial charge in [-0.2, -0.15) is 4.31 Å². The molecule has 1 N–H and O–H groups in total. The molecule has 0 spiro atoms. The van der Waals surface area contributed by atoms with Crippen LogP contribution in [0.1, 0.15) is 54.8 Å². The molecule has 2 aromatic carbocycles. The lowest BCUT2D eigenvalue weighted by molar-refractivity contribution is -0.126. The fourth-order valence-corrected chi connectivity index (χ4v) is 7.81. The molecule has 5 rings (SSSR count). The van der Waals surface area contributed by atoms with E-state index in [9.17, 15) is 13.2 Å². The molecule has 1 saturated heterocycles. The van der Waals surface area contributed by atoms with E-state index in [0.717, 1.165) is 31.4 Å². The zero-order valence-corrected chi connectivity index (χ0v) is 19.9. The highest BCUT2D eigenvalue weighted by molar-refractivity contribution is 7.99. The average molecular weight is 471 g/mol. The number of rotatable bonds is 4. The number of hydrogen-bond acceptors (Lipinski definition) is 4. The number of nitrogens with one attached hydrogen (secondary N) is 1. The Kier molecular flexibility index (Phi) is 6.32. The minimum absolute atomic E-state index is 0.0530. The van der Waals surface area contributed by atoms with Crippen LogP contribution in [0.3, 0.4) is 0 Å². The van der Waals surface area contributed by atoms with Gasteiger partial charge in [0.2, 0.25) is 15.9 Å². The van der Waals surface area contributed by atoms with E-state index >= 15 is 0 Å². The number of thioether (sulfide) groups is 1. The van der Waals surface area contributed by atoms with Crippen molar-refractivity contribution in [1.29, 1.82) is 0 Å². The molecular formula is C25H30N2O3S2. The Morgan fingerprint density at radius 2 is 1.72 bits per heavy atom. The van der Waals surface area contributed by atoms with Crippen molar-refractivity contribution in [1.82, 2.24) is 9.62 Å². The smallest absolute Gasteiger partial charge is 0.243 e. The largest absolute Gasteiger partial charge is 0.349 e. The summed E-state index contributed by atoms with van der Waals surface area (Å²) in [5.41, 5.74) is 3.66. The van der Waals surface area contributed by atoms with Gasteiger partial charge in [-0.3, -0.25) is 4.79 Å². The summed E-state index contributed by atoms with van der Waals surface area (Å²) in [6.07, 6.45) is 6.38. The van der Waals surface area contributed by atoms with Crippen molar-refractivity contribution in [2.75, 3.05) is 18.8 Å². The minimum Gasteiger partial charge on any atom is -0.349 e. The Labute approximate surface area is 195 Å². The Hall–Kier alpha value is -1.83. The first-order chi connectivity index (χ1) is 15.5. The summed E-state index contributed by atoms with van der Waals surface area (Å²) in [4.78, 5) is 14.6. The number of piperidine rings is 1. The predicted molar refractivity (Wildman–Crippen MR) is 127 cm³/mol. The van der Waals surface area contributed by atoms with Crippen LogP contribution in [-0.2, 0) is 27.7 Å². The van der Waals surface area contributed by atoms with Gasteiger partial charge >= 0.3 is 0 Å². The monoisotopic (exact) mass is 470 g/mol. The van der Waals surface area contributed by atoms with Crippen molar-refractivity contribution in [3.63, 3.8) is 0 Å². The van der Waals surface area contributed by atoms with Crippen LogP contribution in [0.25, 0.3) is 0 Å². The second-order valence-electron chi connectivity index (χ2n) is 9.05. The highest BCUT2D eigenvalue weighted by Gasteiger charge is 2.33. The van der Waals surface area contributed by atoms with Gasteiger partial charge in [0, 0.05) is 29.7 Å². The molecule has 2 aliphatic heterocycles. The Balaban J connectivity index is 1.22. The topological polar surface area (TPSA) is 66.5 Å². The van der Waals surface area contributed by atoms with Gasteiger partial charge in [-0.05, 0) is 79.8 Å². The molecule has 170 valence electrons. The quantitative estimate of drug-likeness (QED) is 0.723. The van der Waals surface area contributed by atoms with Crippen molar-refractivity contribution >= 4 is 27.7 Å². The first kappa shape index (κ1) is 22.0. The van der Waals surface area contributed by atoms with Crippen LogP contribution in [0.5, 0.6) is 0 Å². The van der Waals surface area contributed by atoms with E-state index in [0.29, 0.717) is 30.8 Å². The molecule has 3 aliphatic rings. The second kappa shape index (κ2) is 9.20. The van der Waals surface area contributed by atoms with Crippen LogP contribution in [-0.4, -0.2) is 37.5 Å². The Bertz CT molecular complexity index is 1110. The number of carbonyl (C=O) groups is 1. The summed E-state index contributed by atoms with van der Waals surface area (Å²) in [6, 6.07) is 13.9. The zero-order chi connectivity index (χ0) is 22.1. The number of benzene rings is 2. The molecule has 32 heavy (non-hydrogen) atoms. The van der Waals surface area contributed by atoms with Crippen molar-refractivity contribution in [3.8, 4) is 0 Å². The molecule has 0 saturated carbocycles. The van der Waals surface area contributed by atoms with Gasteiger partial charge in [0.15, 0.2) is 0 Å². The first-order valence-electron chi connectivity index (χ1n) is 11.7. The summed E-state index contributed by atoms with van der Waals surface area (Å²) in [5, 5.41) is 3.24. The SMILES string of the molecule is O=C(N[C@@H]1CCSc2ccccc21)C1CCN(S(=O)(=O)c2ccc3c(c2)CCCC3)CC1. The molecule has 1 fully saturated rings. The Morgan fingerprint density at radius 1 is 0.969 bits per heavy atom. The molecule has 0 bridgehead atoms. The minimum atomic E-state index is -3.51. The first-order valence-corrected chi connectivity index (χ1v) is 14.1. The lowest BCUT2D eigenvalue weighted by Gasteiger charge is -2.32. The molecule has 0 aromatic heterocycles. The molecule has 1 amide bonds. The van der Waals surface area contributed by atoms with E-state index in [1.807, 2.05) is 36.0 Å². The van der Waals surface area contributed by atoms with Gasteiger partial charge in [0.1, 0.15) is 0 Å². The molecule has 2 aromatic rings. The summed E-state index contributed by atoms with van der Waals surface area (Å²) in [5.74, 6) is 0.925. The number of hydrogen-bond donors (Lipinski definition) is 1. The van der Waals surface area contributed by atoms with E-state index in [1.165, 1.54) is 28.0 Å². The van der Waals surface area contributed by atoms with Crippen molar-refractivity contribution < 1.29 is 13.2 Å². The van der Waals surface area contributed by atoms with Crippen LogP contribution in [0, 0.1) is 5.92 Å². The van der Waals surface area contributed by atoms with Gasteiger partial charge in [-0.25, -0.2) is 8.42 Å². The second-order valence-corrected chi connectivity index (χ2v) is 12.1. The van der Waals surface area contributed by atoms with Crippen LogP contribution < -0.4 is 5.32 Å². The maximum atomic E-state index is 13.2. The van der Waals surface area contributed by atoms with E-state index in [-0.39, 0.29) is 17.9 Å². The third-order valence-electron chi connectivity index (χ3n) is 7.06. The van der Waals surface area contributed by atoms with Gasteiger partial charge in [0.05, 0.1) is 10.9 Å². The number of fused-ring (bicyclic) bond motifs is 2. The normalized spacial score (nSPS) is 22.1. The van der Waals surface area contributed by atoms with E-state index in [2.05, 4.69) is 17.4 Å². The van der Waals surface area contributed by atoms with Crippen molar-refractivity contribution in [2.45, 2.75) is 60.8 Å². The van der Waals surface area contributed by atoms with Crippen LogP contribution >= 0.6 is 11.8 Å². The lowest BCUT2D eigenvalue weighted by Crippen LogP contribution is -2.44. The van der Waals surface area contributed by atoms with Crippen LogP contribution in [0.15, 0.2) is 52.3 Å². The zero-order valence-electron chi connectivity index (χ0n) is 18.3. The van der Waals surface area contributed by atoms with Crippen molar-refractivity contribution in [3.05, 3.63) is 59.2 Å². The molecule has 1 aliphatic carbocycles. The summed E-state index contributed by atoms with van der Waals surface area (Å²) >= 11 is 1.84. The number of carbonyl (C=O) groups excluding carboxylic acids is 1. The maximum Gasteiger partial charge on any atom is 0.243 e. The standard InChI is InChI=1S/C25H30N2O3S2/c28-25(26-23-13-16-31-24-8-4-3-7-22(23)24)19-11-14-27(15-12-19)32(29,30)21-10-9-18-5-1-2-6-20(18)17-21/h3-4,7-10,17,19,23H,1-2,5-6,11-16H2,(H,26,28)/t23-/m1/s1. The highest BCUT2D eigenvalue weighted by atomic mass is 32.2. The fraction of sp³-hybridized carbons (Fsp3) is 0.480. The molecule has 1 atom stereocenters. The van der Waals surface area contributed by atoms with Gasteiger partial charge < -0.3 is 5.32 Å². The molecule has 7 heteroatoms. The Morgan fingerprint density at radius 3 is 2.53 bits per heavy atom. The average Bonchev–Trinajstić information content (AvgIpc) is 2.84. The predicted octanol–water partition coefficient (Wildman–Crippen LogP) is 4.32. The third kappa shape index (κ3) is 4.35. The van der Waals surface area contributed by atoms with Crippen LogP contribution in [0.2, 0.25) is 0 Å². The maximum absolute atomic E-state index is 13.2. The number of nitrogens with zero attached hydrogens (tertiary/aromatic N) is 1. The number of amides is 1. The number of sulfonamides is 1. The van der Waals surface area contributed by atoms with Crippen LogP contribution in [0.4, 0.5) is 0 Å². The molecular weight excluding hydrogens is 440 g/mol. The van der Waals surface area contributed by atoms with Gasteiger partial charge in [0.25, 0.3) is 0 Å². The molecule has 5 nitrogen and oxygen atoms in total. The fourth-order valence-electron chi connectivity index (χ4n) is 5.16.